The molecule has 0 bridgehead atoms. The van der Waals surface area contributed by atoms with E-state index in [9.17, 15) is 8.42 Å². The highest BCUT2D eigenvalue weighted by atomic mass is 35.5. The van der Waals surface area contributed by atoms with Crippen molar-refractivity contribution >= 4 is 27.3 Å². The van der Waals surface area contributed by atoms with E-state index >= 15 is 0 Å². The van der Waals surface area contributed by atoms with Gasteiger partial charge in [-0.25, -0.2) is 13.1 Å². The van der Waals surface area contributed by atoms with Crippen LogP contribution < -0.4 is 9.62 Å². The van der Waals surface area contributed by atoms with Gasteiger partial charge in [-0.05, 0) is 49.1 Å². The van der Waals surface area contributed by atoms with Crippen LogP contribution in [0.3, 0.4) is 0 Å². The first kappa shape index (κ1) is 17.3. The third kappa shape index (κ3) is 4.09. The minimum Gasteiger partial charge on any atom is -0.372 e. The van der Waals surface area contributed by atoms with Crippen molar-refractivity contribution in [3.8, 4) is 0 Å². The molecule has 1 aliphatic rings. The fraction of sp³-hybridized carbons (Fsp3) is 0.333. The molecular weight excluding hydrogens is 344 g/mol. The van der Waals surface area contributed by atoms with E-state index in [4.69, 9.17) is 11.6 Å². The molecule has 1 saturated heterocycles. The third-order valence-electron chi connectivity index (χ3n) is 4.24. The minimum absolute atomic E-state index is 0.121. The van der Waals surface area contributed by atoms with Crippen LogP contribution in [0.15, 0.2) is 53.4 Å². The zero-order valence-electron chi connectivity index (χ0n) is 13.4. The number of anilines is 1. The summed E-state index contributed by atoms with van der Waals surface area (Å²) in [4.78, 5) is 2.50. The first-order chi connectivity index (χ1) is 11.6. The Balaban J connectivity index is 1.57. The molecule has 3 rings (SSSR count). The second kappa shape index (κ2) is 7.55. The molecule has 4 nitrogen and oxygen atoms in total. The smallest absolute Gasteiger partial charge is 0.242 e. The lowest BCUT2D eigenvalue weighted by molar-refractivity contribution is 0.581. The molecule has 0 amide bonds. The number of sulfonamides is 1. The van der Waals surface area contributed by atoms with Crippen LogP contribution in [-0.2, 0) is 16.4 Å². The van der Waals surface area contributed by atoms with Crippen LogP contribution in [0.4, 0.5) is 5.69 Å². The molecule has 1 N–H and O–H groups in total. The fourth-order valence-electron chi connectivity index (χ4n) is 2.92. The molecular formula is C18H21ClN2O2S. The average molecular weight is 365 g/mol. The summed E-state index contributed by atoms with van der Waals surface area (Å²) in [6.45, 7) is 2.59. The van der Waals surface area contributed by atoms with Gasteiger partial charge in [-0.2, -0.15) is 0 Å². The number of rotatable bonds is 6. The maximum absolute atomic E-state index is 12.3. The lowest BCUT2D eigenvalue weighted by atomic mass is 10.1. The number of nitrogens with zero attached hydrogens (tertiary/aromatic N) is 1. The minimum atomic E-state index is -3.57. The summed E-state index contributed by atoms with van der Waals surface area (Å²) in [6.07, 6.45) is 3.15. The van der Waals surface area contributed by atoms with E-state index in [1.54, 1.807) is 18.2 Å². The molecule has 0 unspecified atom stereocenters. The Hall–Kier alpha value is -1.56. The molecule has 0 aliphatic carbocycles. The molecule has 1 fully saturated rings. The van der Waals surface area contributed by atoms with Crippen LogP contribution in [-0.4, -0.2) is 28.1 Å². The summed E-state index contributed by atoms with van der Waals surface area (Å²) < 4.78 is 27.1. The van der Waals surface area contributed by atoms with Gasteiger partial charge in [-0.15, -0.1) is 0 Å². The number of halogens is 1. The van der Waals surface area contributed by atoms with Crippen LogP contribution in [0.2, 0.25) is 5.02 Å². The lowest BCUT2D eigenvalue weighted by Crippen LogP contribution is -2.26. The van der Waals surface area contributed by atoms with Gasteiger partial charge in [0.15, 0.2) is 0 Å². The van der Waals surface area contributed by atoms with Crippen molar-refractivity contribution in [1.82, 2.24) is 4.72 Å². The van der Waals surface area contributed by atoms with Gasteiger partial charge in [0, 0.05) is 25.3 Å². The number of hydrogen-bond acceptors (Lipinski definition) is 3. The van der Waals surface area contributed by atoms with Gasteiger partial charge >= 0.3 is 0 Å². The predicted molar refractivity (Wildman–Crippen MR) is 98.2 cm³/mol. The second-order valence-corrected chi connectivity index (χ2v) is 8.08. The van der Waals surface area contributed by atoms with Gasteiger partial charge in [0.2, 0.25) is 10.0 Å². The maximum Gasteiger partial charge on any atom is 0.242 e. The van der Waals surface area contributed by atoms with Crippen molar-refractivity contribution in [1.29, 1.82) is 0 Å². The van der Waals surface area contributed by atoms with Crippen LogP contribution in [0.5, 0.6) is 0 Å². The van der Waals surface area contributed by atoms with Crippen molar-refractivity contribution in [3.05, 3.63) is 59.1 Å². The summed E-state index contributed by atoms with van der Waals surface area (Å²) in [5.74, 6) is 0. The van der Waals surface area contributed by atoms with E-state index in [-0.39, 0.29) is 9.92 Å². The lowest BCUT2D eigenvalue weighted by Gasteiger charge is -2.17. The second-order valence-electron chi connectivity index (χ2n) is 5.94. The van der Waals surface area contributed by atoms with Gasteiger partial charge in [0.05, 0.1) is 5.02 Å². The summed E-state index contributed by atoms with van der Waals surface area (Å²) in [5.41, 5.74) is 2.35. The van der Waals surface area contributed by atoms with Crippen LogP contribution in [0.25, 0.3) is 0 Å². The predicted octanol–water partition coefficient (Wildman–Crippen LogP) is 3.46. The number of hydrogen-bond donors (Lipinski definition) is 1. The Morgan fingerprint density at radius 1 is 1.00 bits per heavy atom. The zero-order chi connectivity index (χ0) is 17.0. The van der Waals surface area contributed by atoms with Gasteiger partial charge in [0.1, 0.15) is 4.90 Å². The molecule has 0 radical (unpaired) electrons. The van der Waals surface area contributed by atoms with E-state index < -0.39 is 10.0 Å². The molecule has 0 spiro atoms. The summed E-state index contributed by atoms with van der Waals surface area (Å²) in [5, 5.41) is 0.236. The Morgan fingerprint density at radius 3 is 2.33 bits per heavy atom. The molecule has 128 valence electrons. The molecule has 2 aromatic rings. The molecule has 0 saturated carbocycles. The van der Waals surface area contributed by atoms with E-state index in [1.165, 1.54) is 24.6 Å². The normalized spacial score (nSPS) is 15.0. The van der Waals surface area contributed by atoms with Crippen molar-refractivity contribution in [2.24, 2.45) is 0 Å². The van der Waals surface area contributed by atoms with Gasteiger partial charge in [-0.3, -0.25) is 0 Å². The van der Waals surface area contributed by atoms with E-state index in [0.29, 0.717) is 13.0 Å². The molecule has 6 heteroatoms. The van der Waals surface area contributed by atoms with Crippen LogP contribution >= 0.6 is 11.6 Å². The van der Waals surface area contributed by atoms with Crippen LogP contribution in [0, 0.1) is 0 Å². The van der Waals surface area contributed by atoms with E-state index in [2.05, 4.69) is 33.9 Å². The van der Waals surface area contributed by atoms with E-state index in [0.717, 1.165) is 18.7 Å². The van der Waals surface area contributed by atoms with Crippen molar-refractivity contribution in [3.63, 3.8) is 0 Å². The SMILES string of the molecule is O=S(=O)(NCCc1ccc(N2CCCC2)cc1)c1ccccc1Cl. The first-order valence-electron chi connectivity index (χ1n) is 8.14. The standard InChI is InChI=1S/C18H21ClN2O2S/c19-17-5-1-2-6-18(17)24(22,23)20-12-11-15-7-9-16(10-8-15)21-13-3-4-14-21/h1-2,5-10,20H,3-4,11-14H2. The Bertz CT molecular complexity index is 785. The molecule has 2 aromatic carbocycles. The first-order valence-corrected chi connectivity index (χ1v) is 10.0. The highest BCUT2D eigenvalue weighted by Crippen LogP contribution is 2.21. The quantitative estimate of drug-likeness (QED) is 0.853. The monoisotopic (exact) mass is 364 g/mol. The largest absolute Gasteiger partial charge is 0.372 e. The van der Waals surface area contributed by atoms with E-state index in [1.807, 2.05) is 0 Å². The Morgan fingerprint density at radius 2 is 1.67 bits per heavy atom. The third-order valence-corrected chi connectivity index (χ3v) is 6.20. The zero-order valence-corrected chi connectivity index (χ0v) is 15.0. The molecule has 0 atom stereocenters. The Kier molecular flexibility index (Phi) is 5.43. The topological polar surface area (TPSA) is 49.4 Å². The summed E-state index contributed by atoms with van der Waals surface area (Å²) in [6, 6.07) is 14.8. The maximum atomic E-state index is 12.3. The average Bonchev–Trinajstić information content (AvgIpc) is 3.10. The highest BCUT2D eigenvalue weighted by Gasteiger charge is 2.16. The van der Waals surface area contributed by atoms with Gasteiger partial charge in [0.25, 0.3) is 0 Å². The number of benzene rings is 2. The highest BCUT2D eigenvalue weighted by molar-refractivity contribution is 7.89. The molecule has 1 aliphatic heterocycles. The molecule has 0 aromatic heterocycles. The van der Waals surface area contributed by atoms with Crippen molar-refractivity contribution < 1.29 is 8.42 Å². The summed E-state index contributed by atoms with van der Waals surface area (Å²) in [7, 11) is -3.57. The molecule has 24 heavy (non-hydrogen) atoms. The van der Waals surface area contributed by atoms with Crippen LogP contribution in [0.1, 0.15) is 18.4 Å². The fourth-order valence-corrected chi connectivity index (χ4v) is 4.47. The van der Waals surface area contributed by atoms with Crippen molar-refractivity contribution in [2.45, 2.75) is 24.2 Å². The van der Waals surface area contributed by atoms with Crippen molar-refractivity contribution in [2.75, 3.05) is 24.5 Å². The Labute approximate surface area is 148 Å². The molecule has 1 heterocycles. The summed E-state index contributed by atoms with van der Waals surface area (Å²) >= 11 is 5.96. The number of nitrogens with one attached hydrogen (secondary N) is 1. The van der Waals surface area contributed by atoms with Gasteiger partial charge in [-0.1, -0.05) is 35.9 Å². The van der Waals surface area contributed by atoms with Gasteiger partial charge < -0.3 is 4.90 Å².